The van der Waals surface area contributed by atoms with Crippen LogP contribution in [0.5, 0.6) is 0 Å². The molecule has 1 fully saturated rings. The minimum Gasteiger partial charge on any atom is -0.372 e. The molecule has 1 N–H and O–H groups in total. The Bertz CT molecular complexity index is 597. The van der Waals surface area contributed by atoms with E-state index in [4.69, 9.17) is 9.97 Å². The molecule has 0 amide bonds. The quantitative estimate of drug-likeness (QED) is 0.898. The van der Waals surface area contributed by atoms with Crippen molar-refractivity contribution >= 4 is 27.4 Å². The lowest BCUT2D eigenvalue weighted by Crippen LogP contribution is -2.14. The molecule has 1 aliphatic carbocycles. The molecule has 1 saturated carbocycles. The zero-order valence-corrected chi connectivity index (χ0v) is 13.4. The van der Waals surface area contributed by atoms with Crippen LogP contribution in [-0.2, 0) is 6.42 Å². The zero-order chi connectivity index (χ0) is 14.1. The van der Waals surface area contributed by atoms with Gasteiger partial charge >= 0.3 is 0 Å². The maximum atomic E-state index is 4.87. The molecule has 2 aromatic heterocycles. The van der Waals surface area contributed by atoms with Crippen molar-refractivity contribution in [1.82, 2.24) is 9.97 Å². The number of nitrogens with zero attached hydrogens (tertiary/aromatic N) is 2. The highest BCUT2D eigenvalue weighted by atomic mass is 32.1. The van der Waals surface area contributed by atoms with Crippen LogP contribution in [0.2, 0.25) is 0 Å². The highest BCUT2D eigenvalue weighted by Gasteiger charge is 2.23. The summed E-state index contributed by atoms with van der Waals surface area (Å²) in [7, 11) is 1.96. The average Bonchev–Trinajstić information content (AvgIpc) is 2.90. The van der Waals surface area contributed by atoms with Gasteiger partial charge in [-0.1, -0.05) is 26.7 Å². The topological polar surface area (TPSA) is 37.8 Å². The van der Waals surface area contributed by atoms with Crippen molar-refractivity contribution in [3.05, 3.63) is 16.8 Å². The second-order valence-corrected chi connectivity index (χ2v) is 7.04. The Kier molecular flexibility index (Phi) is 3.92. The third-order valence-corrected chi connectivity index (χ3v) is 5.60. The van der Waals surface area contributed by atoms with Gasteiger partial charge in [0.1, 0.15) is 16.5 Å². The molecular formula is C16H23N3S. The molecule has 2 aromatic rings. The fourth-order valence-electron chi connectivity index (χ4n) is 3.05. The first-order valence-electron chi connectivity index (χ1n) is 7.69. The van der Waals surface area contributed by atoms with Crippen LogP contribution in [0.3, 0.4) is 0 Å². The van der Waals surface area contributed by atoms with E-state index in [1.54, 1.807) is 0 Å². The number of hydrogen-bond acceptors (Lipinski definition) is 4. The summed E-state index contributed by atoms with van der Waals surface area (Å²) in [6.07, 6.45) is 6.17. The number of nitrogens with one attached hydrogen (secondary N) is 1. The van der Waals surface area contributed by atoms with E-state index < -0.39 is 0 Å². The van der Waals surface area contributed by atoms with Crippen LogP contribution in [0.4, 0.5) is 5.82 Å². The van der Waals surface area contributed by atoms with Crippen molar-refractivity contribution in [1.29, 1.82) is 0 Å². The van der Waals surface area contributed by atoms with Crippen LogP contribution < -0.4 is 5.32 Å². The Morgan fingerprint density at radius 1 is 1.25 bits per heavy atom. The van der Waals surface area contributed by atoms with Gasteiger partial charge in [0.25, 0.3) is 0 Å². The van der Waals surface area contributed by atoms with E-state index in [9.17, 15) is 0 Å². The van der Waals surface area contributed by atoms with E-state index in [2.05, 4.69) is 25.2 Å². The predicted octanol–water partition coefficient (Wildman–Crippen LogP) is 4.59. The minimum absolute atomic E-state index is 0.551. The second kappa shape index (κ2) is 5.68. The molecule has 0 spiro atoms. The largest absolute Gasteiger partial charge is 0.372 e. The summed E-state index contributed by atoms with van der Waals surface area (Å²) in [5, 5.41) is 4.43. The monoisotopic (exact) mass is 289 g/mol. The summed E-state index contributed by atoms with van der Waals surface area (Å²) in [4.78, 5) is 12.2. The third kappa shape index (κ3) is 2.53. The van der Waals surface area contributed by atoms with Gasteiger partial charge in [0.2, 0.25) is 0 Å². The van der Waals surface area contributed by atoms with Gasteiger partial charge in [0.05, 0.1) is 5.39 Å². The van der Waals surface area contributed by atoms with Gasteiger partial charge in [-0.2, -0.15) is 0 Å². The average molecular weight is 289 g/mol. The Labute approximate surface area is 124 Å². The summed E-state index contributed by atoms with van der Waals surface area (Å²) in [6.45, 7) is 4.55. The number of aryl methyl sites for hydroxylation is 1. The highest BCUT2D eigenvalue weighted by molar-refractivity contribution is 7.18. The molecule has 0 saturated heterocycles. The molecule has 20 heavy (non-hydrogen) atoms. The Hall–Kier alpha value is -1.16. The Morgan fingerprint density at radius 3 is 2.65 bits per heavy atom. The molecule has 1 aliphatic rings. The van der Waals surface area contributed by atoms with Crippen LogP contribution in [-0.4, -0.2) is 17.0 Å². The molecule has 0 aromatic carbocycles. The van der Waals surface area contributed by atoms with Crippen molar-refractivity contribution in [3.63, 3.8) is 0 Å². The van der Waals surface area contributed by atoms with E-state index in [1.807, 2.05) is 18.4 Å². The number of thiophene rings is 1. The molecule has 0 bridgehead atoms. The van der Waals surface area contributed by atoms with Gasteiger partial charge in [-0.15, -0.1) is 11.3 Å². The van der Waals surface area contributed by atoms with Crippen molar-refractivity contribution < 1.29 is 0 Å². The summed E-state index contributed by atoms with van der Waals surface area (Å²) in [5.74, 6) is 3.47. The van der Waals surface area contributed by atoms with Crippen LogP contribution in [0.15, 0.2) is 6.07 Å². The zero-order valence-electron chi connectivity index (χ0n) is 12.6. The maximum Gasteiger partial charge on any atom is 0.138 e. The number of hydrogen-bond donors (Lipinski definition) is 1. The SMILES string of the molecule is CCc1cc2c(NC)nc(C3CCC(C)CC3)nc2s1. The lowest BCUT2D eigenvalue weighted by Gasteiger charge is -2.25. The van der Waals surface area contributed by atoms with Crippen molar-refractivity contribution in [2.75, 3.05) is 12.4 Å². The molecule has 108 valence electrons. The maximum absolute atomic E-state index is 4.87. The number of aromatic nitrogens is 2. The van der Waals surface area contributed by atoms with Gasteiger partial charge < -0.3 is 5.32 Å². The highest BCUT2D eigenvalue weighted by Crippen LogP contribution is 2.37. The Morgan fingerprint density at radius 2 is 2.00 bits per heavy atom. The van der Waals surface area contributed by atoms with Crippen molar-refractivity contribution in [2.45, 2.75) is 51.9 Å². The molecule has 0 aliphatic heterocycles. The van der Waals surface area contributed by atoms with Crippen molar-refractivity contribution in [3.8, 4) is 0 Å². The van der Waals surface area contributed by atoms with E-state index >= 15 is 0 Å². The lowest BCUT2D eigenvalue weighted by molar-refractivity contribution is 0.340. The molecular weight excluding hydrogens is 266 g/mol. The van der Waals surface area contributed by atoms with E-state index in [-0.39, 0.29) is 0 Å². The lowest BCUT2D eigenvalue weighted by atomic mass is 9.82. The van der Waals surface area contributed by atoms with Gasteiger partial charge in [-0.3, -0.25) is 0 Å². The van der Waals surface area contributed by atoms with E-state index in [0.717, 1.165) is 28.8 Å². The minimum atomic E-state index is 0.551. The van der Waals surface area contributed by atoms with Gasteiger partial charge in [0, 0.05) is 17.8 Å². The summed E-state index contributed by atoms with van der Waals surface area (Å²) < 4.78 is 0. The molecule has 3 nitrogen and oxygen atoms in total. The summed E-state index contributed by atoms with van der Waals surface area (Å²) in [6, 6.07) is 2.23. The second-order valence-electron chi connectivity index (χ2n) is 5.92. The first-order valence-corrected chi connectivity index (χ1v) is 8.51. The molecule has 4 heteroatoms. The molecule has 2 heterocycles. The standard InChI is InChI=1S/C16H23N3S/c1-4-12-9-13-15(17-3)18-14(19-16(13)20-12)11-7-5-10(2)6-8-11/h9-11H,4-8H2,1-3H3,(H,17,18,19). The van der Waals surface area contributed by atoms with Gasteiger partial charge in [-0.05, 0) is 31.2 Å². The van der Waals surface area contributed by atoms with Gasteiger partial charge in [0.15, 0.2) is 0 Å². The molecule has 0 radical (unpaired) electrons. The fourth-order valence-corrected chi connectivity index (χ4v) is 4.03. The van der Waals surface area contributed by atoms with Crippen LogP contribution >= 0.6 is 11.3 Å². The fraction of sp³-hybridized carbons (Fsp3) is 0.625. The van der Waals surface area contributed by atoms with Crippen LogP contribution in [0, 0.1) is 5.92 Å². The smallest absolute Gasteiger partial charge is 0.138 e. The van der Waals surface area contributed by atoms with E-state index in [1.165, 1.54) is 35.9 Å². The first kappa shape index (κ1) is 13.8. The van der Waals surface area contributed by atoms with Crippen LogP contribution in [0.25, 0.3) is 10.2 Å². The Balaban J connectivity index is 1.99. The number of fused-ring (bicyclic) bond motifs is 1. The number of rotatable bonds is 3. The summed E-state index contributed by atoms with van der Waals surface area (Å²) in [5.41, 5.74) is 0. The normalized spacial score (nSPS) is 23.1. The molecule has 0 unspecified atom stereocenters. The molecule has 0 atom stereocenters. The van der Waals surface area contributed by atoms with Gasteiger partial charge in [-0.25, -0.2) is 9.97 Å². The summed E-state index contributed by atoms with van der Waals surface area (Å²) >= 11 is 1.81. The van der Waals surface area contributed by atoms with Crippen molar-refractivity contribution in [2.24, 2.45) is 5.92 Å². The predicted molar refractivity (Wildman–Crippen MR) is 86.7 cm³/mol. The third-order valence-electron chi connectivity index (χ3n) is 4.43. The first-order chi connectivity index (χ1) is 9.71. The molecule has 3 rings (SSSR count). The number of anilines is 1. The van der Waals surface area contributed by atoms with E-state index in [0.29, 0.717) is 5.92 Å². The van der Waals surface area contributed by atoms with Crippen LogP contribution in [0.1, 0.15) is 56.2 Å².